The van der Waals surface area contributed by atoms with Gasteiger partial charge in [-0.2, -0.15) is 5.26 Å². The maximum atomic E-state index is 11.6. The van der Waals surface area contributed by atoms with Gasteiger partial charge in [0.25, 0.3) is 8.53 Å². The highest BCUT2D eigenvalue weighted by atomic mass is 31.2. The van der Waals surface area contributed by atoms with Crippen LogP contribution in [0.3, 0.4) is 0 Å². The highest BCUT2D eigenvalue weighted by molar-refractivity contribution is 7.44. The SMILES string of the molecule is C.C.C.C.CCCN1CC[C@@H](OC(=O)CCC(C)=O)[C@@H]1CC.CCCN1CC[C@@H](OP(OCCC#N)N(C(C)C)C(C)C)[C@@H]1CC. The Bertz CT molecular complexity index is 802. The molecule has 0 bridgehead atoms. The van der Waals surface area contributed by atoms with Crippen LogP contribution in [0, 0.1) is 11.3 Å². The van der Waals surface area contributed by atoms with E-state index in [4.69, 9.17) is 19.0 Å². The minimum atomic E-state index is -1.13. The van der Waals surface area contributed by atoms with Crippen LogP contribution < -0.4 is 0 Å². The van der Waals surface area contributed by atoms with Gasteiger partial charge in [-0.05, 0) is 86.2 Å². The van der Waals surface area contributed by atoms with Crippen LogP contribution >= 0.6 is 8.53 Å². The van der Waals surface area contributed by atoms with E-state index in [2.05, 4.69) is 75.9 Å². The zero-order chi connectivity index (χ0) is 31.7. The van der Waals surface area contributed by atoms with Gasteiger partial charge in [0.05, 0.1) is 31.6 Å². The number of carbonyl (C=O) groups is 2. The lowest BCUT2D eigenvalue weighted by molar-refractivity contribution is -0.151. The molecule has 0 aromatic rings. The molecule has 9 nitrogen and oxygen atoms in total. The highest BCUT2D eigenvalue weighted by Crippen LogP contribution is 2.49. The number of hydrogen-bond donors (Lipinski definition) is 0. The normalized spacial score (nSPS) is 21.6. The predicted octanol–water partition coefficient (Wildman–Crippen LogP) is 9.25. The number of esters is 1. The second-order valence-corrected chi connectivity index (χ2v) is 13.4. The fourth-order valence-electron chi connectivity index (χ4n) is 6.12. The number of ketones is 1. The molecule has 46 heavy (non-hydrogen) atoms. The van der Waals surface area contributed by atoms with E-state index in [-0.39, 0.29) is 60.1 Å². The molecule has 1 unspecified atom stereocenters. The summed E-state index contributed by atoms with van der Waals surface area (Å²) < 4.78 is 20.4. The number of ether oxygens (including phenoxy) is 1. The molecule has 2 fully saturated rings. The monoisotopic (exact) mass is 677 g/mol. The molecule has 0 spiro atoms. The molecule has 2 aliphatic heterocycles. The lowest BCUT2D eigenvalue weighted by Gasteiger charge is -2.38. The number of nitriles is 1. The summed E-state index contributed by atoms with van der Waals surface area (Å²) in [7, 11) is -1.13. The number of hydrogen-bond acceptors (Lipinski definition) is 9. The lowest BCUT2D eigenvalue weighted by Crippen LogP contribution is -2.38. The molecule has 2 saturated heterocycles. The number of nitrogens with zero attached hydrogens (tertiary/aromatic N) is 4. The van der Waals surface area contributed by atoms with Gasteiger partial charge in [-0.3, -0.25) is 14.6 Å². The summed E-state index contributed by atoms with van der Waals surface area (Å²) in [4.78, 5) is 27.4. The maximum absolute atomic E-state index is 11.6. The van der Waals surface area contributed by atoms with E-state index in [0.717, 1.165) is 58.3 Å². The van der Waals surface area contributed by atoms with Crippen molar-refractivity contribution in [3.05, 3.63) is 0 Å². The smallest absolute Gasteiger partial charge is 0.306 e. The second kappa shape index (κ2) is 28.8. The highest BCUT2D eigenvalue weighted by Gasteiger charge is 2.38. The Morgan fingerprint density at radius 2 is 1.33 bits per heavy atom. The molecular formula is C36H77N4O5P. The fraction of sp³-hybridized carbons (Fsp3) is 0.917. The van der Waals surface area contributed by atoms with Crippen LogP contribution in [-0.2, 0) is 23.4 Å². The van der Waals surface area contributed by atoms with Crippen LogP contribution in [0.1, 0.15) is 150 Å². The van der Waals surface area contributed by atoms with E-state index >= 15 is 0 Å². The Morgan fingerprint density at radius 1 is 0.848 bits per heavy atom. The molecule has 0 aromatic carbocycles. The van der Waals surface area contributed by atoms with Gasteiger partial charge in [-0.25, -0.2) is 4.67 Å². The standard InChI is InChI=1S/C18H36N3O2P.C14H25NO3.4CH4/c1-7-12-20-13-10-18(17(20)8-2)23-24(22-14-9-11-19)21(15(3)4)16(5)6;1-4-9-15-10-8-13(12(15)5-2)18-14(17)7-6-11(3)16;;;;/h15-18H,7-10,12-14H2,1-6H3;12-13H,4-10H2,1-3H3;4*1H4/t17-,18+,24?;12-,13+;;;;/m00..../s1. The topological polar surface area (TPSA) is 95.3 Å². The average molecular weight is 677 g/mol. The summed E-state index contributed by atoms with van der Waals surface area (Å²) in [5.41, 5.74) is 0. The molecule has 0 aliphatic carbocycles. The summed E-state index contributed by atoms with van der Waals surface area (Å²) in [6.07, 6.45) is 7.58. The van der Waals surface area contributed by atoms with E-state index in [1.54, 1.807) is 0 Å². The van der Waals surface area contributed by atoms with Crippen LogP contribution in [0.15, 0.2) is 0 Å². The first kappa shape index (κ1) is 51.7. The minimum Gasteiger partial charge on any atom is -0.461 e. The van der Waals surface area contributed by atoms with Crippen LogP contribution in [0.25, 0.3) is 0 Å². The third-order valence-electron chi connectivity index (χ3n) is 7.91. The van der Waals surface area contributed by atoms with Crippen molar-refractivity contribution in [1.29, 1.82) is 5.26 Å². The van der Waals surface area contributed by atoms with Gasteiger partial charge in [0.1, 0.15) is 11.9 Å². The first-order chi connectivity index (χ1) is 20.0. The van der Waals surface area contributed by atoms with Crippen LogP contribution in [0.2, 0.25) is 0 Å². The van der Waals surface area contributed by atoms with E-state index in [9.17, 15) is 9.59 Å². The molecule has 0 aromatic heterocycles. The summed E-state index contributed by atoms with van der Waals surface area (Å²) in [5, 5.41) is 8.81. The van der Waals surface area contributed by atoms with Crippen molar-refractivity contribution in [3.8, 4) is 6.07 Å². The zero-order valence-corrected chi connectivity index (χ0v) is 29.0. The molecule has 2 aliphatic rings. The van der Waals surface area contributed by atoms with Crippen LogP contribution in [0.5, 0.6) is 0 Å². The first-order valence-electron chi connectivity index (χ1n) is 16.5. The van der Waals surface area contributed by atoms with E-state index < -0.39 is 8.53 Å². The molecule has 10 heteroatoms. The van der Waals surface area contributed by atoms with Gasteiger partial charge in [-0.15, -0.1) is 0 Å². The summed E-state index contributed by atoms with van der Waals surface area (Å²) in [6, 6.07) is 3.70. The third-order valence-corrected chi connectivity index (χ3v) is 10.1. The largest absolute Gasteiger partial charge is 0.461 e. The number of likely N-dealkylation sites (tertiary alicyclic amines) is 2. The van der Waals surface area contributed by atoms with Crippen molar-refractivity contribution < 1.29 is 23.4 Å². The van der Waals surface area contributed by atoms with E-state index in [0.29, 0.717) is 43.6 Å². The van der Waals surface area contributed by atoms with Gasteiger partial charge in [-0.1, -0.05) is 57.4 Å². The number of Topliss-reactive ketones (excluding diaryl/α,β-unsaturated/α-hetero) is 1. The maximum Gasteiger partial charge on any atom is 0.306 e. The van der Waals surface area contributed by atoms with E-state index in [1.165, 1.54) is 13.3 Å². The summed E-state index contributed by atoms with van der Waals surface area (Å²) in [6.45, 7) is 23.8. The summed E-state index contributed by atoms with van der Waals surface area (Å²) in [5.74, 6) is -0.190. The molecule has 276 valence electrons. The third kappa shape index (κ3) is 17.9. The molecule has 0 radical (unpaired) electrons. The van der Waals surface area contributed by atoms with Crippen molar-refractivity contribution in [1.82, 2.24) is 14.5 Å². The number of carbonyl (C=O) groups excluding carboxylic acids is 2. The Balaban J connectivity index is -0.000000364. The van der Waals surface area contributed by atoms with Crippen molar-refractivity contribution >= 4 is 20.3 Å². The Kier molecular flexibility index (Phi) is 32.4. The van der Waals surface area contributed by atoms with Crippen molar-refractivity contribution in [3.63, 3.8) is 0 Å². The lowest BCUT2D eigenvalue weighted by atomic mass is 10.1. The van der Waals surface area contributed by atoms with Gasteiger partial charge < -0.3 is 18.6 Å². The number of rotatable bonds is 18. The zero-order valence-electron chi connectivity index (χ0n) is 28.1. The van der Waals surface area contributed by atoms with Gasteiger partial charge >= 0.3 is 5.97 Å². The van der Waals surface area contributed by atoms with Crippen molar-refractivity contribution in [2.45, 2.75) is 186 Å². The quantitative estimate of drug-likeness (QED) is 0.0800. The molecule has 5 atom stereocenters. The minimum absolute atomic E-state index is 0. The summed E-state index contributed by atoms with van der Waals surface area (Å²) >= 11 is 0. The van der Waals surface area contributed by atoms with Gasteiger partial charge in [0.2, 0.25) is 0 Å². The molecule has 0 N–H and O–H groups in total. The average Bonchev–Trinajstić information content (AvgIpc) is 3.50. The second-order valence-electron chi connectivity index (χ2n) is 12.0. The fourth-order valence-corrected chi connectivity index (χ4v) is 7.90. The molecule has 0 amide bonds. The van der Waals surface area contributed by atoms with Crippen LogP contribution in [0.4, 0.5) is 0 Å². The predicted molar refractivity (Wildman–Crippen MR) is 198 cm³/mol. The van der Waals surface area contributed by atoms with Gasteiger partial charge in [0.15, 0.2) is 0 Å². The van der Waals surface area contributed by atoms with Gasteiger partial charge in [0, 0.05) is 43.7 Å². The first-order valence-corrected chi connectivity index (χ1v) is 17.6. The van der Waals surface area contributed by atoms with E-state index in [1.807, 2.05) is 0 Å². The Morgan fingerprint density at radius 3 is 1.74 bits per heavy atom. The Hall–Kier alpha value is -1.14. The molecular weight excluding hydrogens is 599 g/mol. The van der Waals surface area contributed by atoms with Crippen molar-refractivity contribution in [2.24, 2.45) is 0 Å². The molecule has 2 heterocycles. The van der Waals surface area contributed by atoms with Crippen LogP contribution in [-0.4, -0.2) is 95.4 Å². The van der Waals surface area contributed by atoms with Crippen molar-refractivity contribution in [2.75, 3.05) is 32.8 Å². The molecule has 2 rings (SSSR count). The Labute approximate surface area is 288 Å². The molecule has 0 saturated carbocycles.